The molecular formula is C14H30N2O. The van der Waals surface area contributed by atoms with Gasteiger partial charge < -0.3 is 15.3 Å². The average Bonchev–Trinajstić information content (AvgIpc) is 2.68. The van der Waals surface area contributed by atoms with Crippen LogP contribution in [0.5, 0.6) is 0 Å². The van der Waals surface area contributed by atoms with Crippen LogP contribution in [-0.4, -0.2) is 48.3 Å². The normalized spacial score (nSPS) is 21.4. The molecule has 0 amide bonds. The lowest BCUT2D eigenvalue weighted by Crippen LogP contribution is -2.56. The monoisotopic (exact) mass is 242 g/mol. The first-order chi connectivity index (χ1) is 7.95. The highest BCUT2D eigenvalue weighted by Crippen LogP contribution is 2.25. The Bertz CT molecular complexity index is 214. The van der Waals surface area contributed by atoms with Crippen LogP contribution in [0.25, 0.3) is 0 Å². The highest BCUT2D eigenvalue weighted by atomic mass is 16.3. The average molecular weight is 242 g/mol. The zero-order valence-electron chi connectivity index (χ0n) is 12.0. The Morgan fingerprint density at radius 3 is 2.41 bits per heavy atom. The van der Waals surface area contributed by atoms with E-state index in [0.717, 1.165) is 12.5 Å². The largest absolute Gasteiger partial charge is 0.394 e. The van der Waals surface area contributed by atoms with Gasteiger partial charge in [0.2, 0.25) is 0 Å². The predicted molar refractivity (Wildman–Crippen MR) is 73.2 cm³/mol. The smallest absolute Gasteiger partial charge is 0.0623 e. The Kier molecular flexibility index (Phi) is 5.90. The van der Waals surface area contributed by atoms with Crippen molar-refractivity contribution in [3.8, 4) is 0 Å². The van der Waals surface area contributed by atoms with Gasteiger partial charge in [0, 0.05) is 19.1 Å². The topological polar surface area (TPSA) is 35.5 Å². The predicted octanol–water partition coefficient (Wildman–Crippen LogP) is 1.86. The molecule has 1 atom stereocenters. The highest BCUT2D eigenvalue weighted by Gasteiger charge is 2.27. The van der Waals surface area contributed by atoms with Gasteiger partial charge in [0.05, 0.1) is 12.1 Å². The maximum Gasteiger partial charge on any atom is 0.0623 e. The summed E-state index contributed by atoms with van der Waals surface area (Å²) in [7, 11) is 2.17. The fourth-order valence-corrected chi connectivity index (χ4v) is 3.13. The summed E-state index contributed by atoms with van der Waals surface area (Å²) in [4.78, 5) is 2.38. The number of aliphatic hydroxyl groups is 1. The summed E-state index contributed by atoms with van der Waals surface area (Å²) in [6, 6.07) is 0.409. The molecular weight excluding hydrogens is 212 g/mol. The number of hydrogen-bond acceptors (Lipinski definition) is 3. The lowest BCUT2D eigenvalue weighted by Gasteiger charge is -2.35. The van der Waals surface area contributed by atoms with Crippen LogP contribution < -0.4 is 5.32 Å². The van der Waals surface area contributed by atoms with Crippen LogP contribution in [0.1, 0.15) is 46.5 Å². The Morgan fingerprint density at radius 2 is 1.94 bits per heavy atom. The molecule has 1 saturated carbocycles. The Labute approximate surface area is 107 Å². The van der Waals surface area contributed by atoms with E-state index in [1.165, 1.54) is 32.2 Å². The molecule has 0 aliphatic heterocycles. The second-order valence-corrected chi connectivity index (χ2v) is 6.37. The van der Waals surface area contributed by atoms with Gasteiger partial charge in [-0.2, -0.15) is 0 Å². The van der Waals surface area contributed by atoms with E-state index in [1.54, 1.807) is 0 Å². The van der Waals surface area contributed by atoms with Crippen molar-refractivity contribution in [1.82, 2.24) is 10.2 Å². The zero-order chi connectivity index (χ0) is 12.9. The molecule has 0 bridgehead atoms. The molecule has 0 aromatic carbocycles. The molecule has 2 N–H and O–H groups in total. The molecule has 1 aliphatic carbocycles. The molecule has 17 heavy (non-hydrogen) atoms. The SMILES string of the molecule is CC(C)NC(C)(CO)CN(C)CC1CCCC1. The van der Waals surface area contributed by atoms with Crippen molar-refractivity contribution in [2.45, 2.75) is 58.0 Å². The maximum atomic E-state index is 9.55. The van der Waals surface area contributed by atoms with Gasteiger partial charge in [0.1, 0.15) is 0 Å². The van der Waals surface area contributed by atoms with Crippen molar-refractivity contribution in [3.05, 3.63) is 0 Å². The van der Waals surface area contributed by atoms with Crippen molar-refractivity contribution in [2.75, 3.05) is 26.7 Å². The van der Waals surface area contributed by atoms with Crippen molar-refractivity contribution in [2.24, 2.45) is 5.92 Å². The molecule has 0 aromatic rings. The van der Waals surface area contributed by atoms with Crippen LogP contribution in [-0.2, 0) is 0 Å². The van der Waals surface area contributed by atoms with Crippen LogP contribution in [0.4, 0.5) is 0 Å². The van der Waals surface area contributed by atoms with E-state index in [9.17, 15) is 5.11 Å². The van der Waals surface area contributed by atoms with E-state index >= 15 is 0 Å². The molecule has 0 heterocycles. The van der Waals surface area contributed by atoms with Crippen LogP contribution in [0, 0.1) is 5.92 Å². The standard InChI is InChI=1S/C14H30N2O/c1-12(2)15-14(3,11-17)10-16(4)9-13-7-5-6-8-13/h12-13,15,17H,5-11H2,1-4H3. The van der Waals surface area contributed by atoms with E-state index < -0.39 is 0 Å². The van der Waals surface area contributed by atoms with Crippen molar-refractivity contribution >= 4 is 0 Å². The summed E-state index contributed by atoms with van der Waals surface area (Å²) in [5, 5.41) is 13.0. The molecule has 3 heteroatoms. The zero-order valence-corrected chi connectivity index (χ0v) is 12.0. The van der Waals surface area contributed by atoms with E-state index in [4.69, 9.17) is 0 Å². The first kappa shape index (κ1) is 14.9. The van der Waals surface area contributed by atoms with Gasteiger partial charge in [-0.1, -0.05) is 26.7 Å². The quantitative estimate of drug-likeness (QED) is 0.715. The minimum atomic E-state index is -0.179. The summed E-state index contributed by atoms with van der Waals surface area (Å²) in [5.41, 5.74) is -0.179. The van der Waals surface area contributed by atoms with Crippen LogP contribution in [0.3, 0.4) is 0 Å². The lowest BCUT2D eigenvalue weighted by atomic mass is 10.0. The van der Waals surface area contributed by atoms with Crippen molar-refractivity contribution in [3.63, 3.8) is 0 Å². The Hall–Kier alpha value is -0.120. The second-order valence-electron chi connectivity index (χ2n) is 6.37. The number of rotatable bonds is 7. The third kappa shape index (κ3) is 5.36. The van der Waals surface area contributed by atoms with Gasteiger partial charge in [-0.25, -0.2) is 0 Å². The fraction of sp³-hybridized carbons (Fsp3) is 1.00. The molecule has 0 saturated heterocycles. The summed E-state index contributed by atoms with van der Waals surface area (Å²) in [5.74, 6) is 0.877. The van der Waals surface area contributed by atoms with E-state index in [0.29, 0.717) is 6.04 Å². The summed E-state index contributed by atoms with van der Waals surface area (Å²) >= 11 is 0. The van der Waals surface area contributed by atoms with Crippen molar-refractivity contribution < 1.29 is 5.11 Å². The lowest BCUT2D eigenvalue weighted by molar-refractivity contribution is 0.118. The van der Waals surface area contributed by atoms with E-state index in [1.807, 2.05) is 0 Å². The Balaban J connectivity index is 2.37. The molecule has 0 spiro atoms. The molecule has 3 nitrogen and oxygen atoms in total. The number of hydrogen-bond donors (Lipinski definition) is 2. The summed E-state index contributed by atoms with van der Waals surface area (Å²) in [6.45, 7) is 8.65. The van der Waals surface area contributed by atoms with Crippen LogP contribution >= 0.6 is 0 Å². The van der Waals surface area contributed by atoms with Gasteiger partial charge in [-0.15, -0.1) is 0 Å². The molecule has 102 valence electrons. The number of nitrogens with zero attached hydrogens (tertiary/aromatic N) is 1. The highest BCUT2D eigenvalue weighted by molar-refractivity contribution is 4.87. The van der Waals surface area contributed by atoms with Crippen LogP contribution in [0.2, 0.25) is 0 Å². The number of likely N-dealkylation sites (N-methyl/N-ethyl adjacent to an activating group) is 1. The first-order valence-electron chi connectivity index (χ1n) is 7.02. The van der Waals surface area contributed by atoms with E-state index in [2.05, 4.69) is 38.0 Å². The van der Waals surface area contributed by atoms with Gasteiger partial charge in [0.25, 0.3) is 0 Å². The van der Waals surface area contributed by atoms with Gasteiger partial charge in [0.15, 0.2) is 0 Å². The fourth-order valence-electron chi connectivity index (χ4n) is 3.13. The molecule has 0 radical (unpaired) electrons. The van der Waals surface area contributed by atoms with Gasteiger partial charge in [-0.05, 0) is 32.7 Å². The second kappa shape index (κ2) is 6.72. The van der Waals surface area contributed by atoms with Gasteiger partial charge >= 0.3 is 0 Å². The van der Waals surface area contributed by atoms with Gasteiger partial charge in [-0.3, -0.25) is 0 Å². The molecule has 1 unspecified atom stereocenters. The third-order valence-corrected chi connectivity index (χ3v) is 3.65. The minimum Gasteiger partial charge on any atom is -0.394 e. The summed E-state index contributed by atoms with van der Waals surface area (Å²) in [6.07, 6.45) is 5.58. The molecule has 1 fully saturated rings. The van der Waals surface area contributed by atoms with E-state index in [-0.39, 0.29) is 12.1 Å². The first-order valence-corrected chi connectivity index (χ1v) is 7.02. The van der Waals surface area contributed by atoms with Crippen molar-refractivity contribution in [1.29, 1.82) is 0 Å². The van der Waals surface area contributed by atoms with Crippen LogP contribution in [0.15, 0.2) is 0 Å². The Morgan fingerprint density at radius 1 is 1.35 bits per heavy atom. The molecule has 0 aromatic heterocycles. The maximum absolute atomic E-state index is 9.55. The molecule has 1 rings (SSSR count). The third-order valence-electron chi connectivity index (χ3n) is 3.65. The minimum absolute atomic E-state index is 0.179. The molecule has 1 aliphatic rings. The number of nitrogens with one attached hydrogen (secondary N) is 1. The number of aliphatic hydroxyl groups excluding tert-OH is 1. The summed E-state index contributed by atoms with van der Waals surface area (Å²) < 4.78 is 0.